The first kappa shape index (κ1) is 14.5. The van der Waals surface area contributed by atoms with Crippen LogP contribution >= 0.6 is 0 Å². The summed E-state index contributed by atoms with van der Waals surface area (Å²) in [5, 5.41) is 0. The van der Waals surface area contributed by atoms with Crippen molar-refractivity contribution in [1.82, 2.24) is 4.90 Å². The molecule has 2 unspecified atom stereocenters. The van der Waals surface area contributed by atoms with Gasteiger partial charge in [0.05, 0.1) is 6.04 Å². The minimum atomic E-state index is -0.146. The van der Waals surface area contributed by atoms with Crippen molar-refractivity contribution in [3.05, 3.63) is 71.8 Å². The molecule has 0 heterocycles. The molecule has 0 spiro atoms. The lowest BCUT2D eigenvalue weighted by Gasteiger charge is -2.30. The van der Waals surface area contributed by atoms with Gasteiger partial charge in [-0.2, -0.15) is 0 Å². The number of rotatable bonds is 5. The average Bonchev–Trinajstić information content (AvgIpc) is 2.53. The van der Waals surface area contributed by atoms with Gasteiger partial charge in [0.1, 0.15) is 0 Å². The Morgan fingerprint density at radius 2 is 1.40 bits per heavy atom. The summed E-state index contributed by atoms with van der Waals surface area (Å²) in [5.74, 6) is 0.163. The zero-order valence-corrected chi connectivity index (χ0v) is 12.3. The molecule has 104 valence electrons. The Labute approximate surface area is 121 Å². The third kappa shape index (κ3) is 3.14. The maximum absolute atomic E-state index is 12.5. The maximum atomic E-state index is 12.5. The highest BCUT2D eigenvalue weighted by molar-refractivity contribution is 5.99. The molecular formula is C18H21NO. The van der Waals surface area contributed by atoms with Gasteiger partial charge in [0.2, 0.25) is 0 Å². The van der Waals surface area contributed by atoms with Gasteiger partial charge in [-0.05, 0) is 26.5 Å². The molecule has 0 aliphatic heterocycles. The van der Waals surface area contributed by atoms with Gasteiger partial charge in [-0.25, -0.2) is 0 Å². The SMILES string of the molecule is CC(C(=O)c1ccccc1)N(C)C(C)c1ccccc1. The number of carbonyl (C=O) groups excluding carboxylic acids is 1. The van der Waals surface area contributed by atoms with Crippen LogP contribution in [0.15, 0.2) is 60.7 Å². The molecule has 0 saturated heterocycles. The van der Waals surface area contributed by atoms with Crippen molar-refractivity contribution in [2.45, 2.75) is 25.9 Å². The Morgan fingerprint density at radius 3 is 1.95 bits per heavy atom. The molecule has 2 rings (SSSR count). The van der Waals surface area contributed by atoms with Crippen LogP contribution in [0.25, 0.3) is 0 Å². The van der Waals surface area contributed by atoms with Crippen molar-refractivity contribution < 1.29 is 4.79 Å². The smallest absolute Gasteiger partial charge is 0.179 e. The lowest BCUT2D eigenvalue weighted by Crippen LogP contribution is -2.37. The summed E-state index contributed by atoms with van der Waals surface area (Å²) in [5.41, 5.74) is 2.00. The van der Waals surface area contributed by atoms with Crippen LogP contribution in [-0.2, 0) is 0 Å². The normalized spacial score (nSPS) is 14.0. The number of nitrogens with zero attached hydrogens (tertiary/aromatic N) is 1. The molecule has 0 bridgehead atoms. The zero-order valence-electron chi connectivity index (χ0n) is 12.3. The molecule has 0 amide bonds. The van der Waals surface area contributed by atoms with E-state index >= 15 is 0 Å². The van der Waals surface area contributed by atoms with Crippen LogP contribution in [0, 0.1) is 0 Å². The second kappa shape index (κ2) is 6.49. The lowest BCUT2D eigenvalue weighted by molar-refractivity contribution is 0.0826. The van der Waals surface area contributed by atoms with Crippen molar-refractivity contribution in [3.63, 3.8) is 0 Å². The van der Waals surface area contributed by atoms with Gasteiger partial charge in [0, 0.05) is 11.6 Å². The Balaban J connectivity index is 2.13. The zero-order chi connectivity index (χ0) is 14.5. The Hall–Kier alpha value is -1.93. The highest BCUT2D eigenvalue weighted by Crippen LogP contribution is 2.21. The van der Waals surface area contributed by atoms with Crippen molar-refractivity contribution in [3.8, 4) is 0 Å². The number of hydrogen-bond donors (Lipinski definition) is 0. The lowest BCUT2D eigenvalue weighted by atomic mass is 10.0. The largest absolute Gasteiger partial charge is 0.292 e. The monoisotopic (exact) mass is 267 g/mol. The van der Waals surface area contributed by atoms with E-state index < -0.39 is 0 Å². The van der Waals surface area contributed by atoms with Gasteiger partial charge >= 0.3 is 0 Å². The number of Topliss-reactive ketones (excluding diaryl/α,β-unsaturated/α-hetero) is 1. The van der Waals surface area contributed by atoms with Crippen LogP contribution in [0.2, 0.25) is 0 Å². The molecule has 2 heteroatoms. The maximum Gasteiger partial charge on any atom is 0.179 e. The van der Waals surface area contributed by atoms with E-state index in [4.69, 9.17) is 0 Å². The average molecular weight is 267 g/mol. The topological polar surface area (TPSA) is 20.3 Å². The van der Waals surface area contributed by atoms with E-state index in [1.807, 2.05) is 62.5 Å². The van der Waals surface area contributed by atoms with Crippen molar-refractivity contribution in [2.24, 2.45) is 0 Å². The van der Waals surface area contributed by atoms with Gasteiger partial charge in [-0.1, -0.05) is 60.7 Å². The predicted molar refractivity (Wildman–Crippen MR) is 82.9 cm³/mol. The third-order valence-electron chi connectivity index (χ3n) is 3.94. The van der Waals surface area contributed by atoms with E-state index in [2.05, 4.69) is 24.0 Å². The second-order valence-electron chi connectivity index (χ2n) is 5.16. The van der Waals surface area contributed by atoms with E-state index in [0.29, 0.717) is 0 Å². The molecule has 2 nitrogen and oxygen atoms in total. The summed E-state index contributed by atoms with van der Waals surface area (Å²) in [6.45, 7) is 4.10. The number of carbonyl (C=O) groups is 1. The quantitative estimate of drug-likeness (QED) is 0.764. The molecule has 2 aromatic rings. The van der Waals surface area contributed by atoms with Crippen LogP contribution in [0.1, 0.15) is 35.8 Å². The Morgan fingerprint density at radius 1 is 0.900 bits per heavy atom. The Kier molecular flexibility index (Phi) is 4.70. The van der Waals surface area contributed by atoms with E-state index in [9.17, 15) is 4.79 Å². The number of benzene rings is 2. The fraction of sp³-hybridized carbons (Fsp3) is 0.278. The summed E-state index contributed by atoms with van der Waals surface area (Å²) in [7, 11) is 2.00. The standard InChI is InChI=1S/C18H21NO/c1-14(16-10-6-4-7-11-16)19(3)15(2)18(20)17-12-8-5-9-13-17/h4-15H,1-3H3. The van der Waals surface area contributed by atoms with Crippen LogP contribution in [0.3, 0.4) is 0 Å². The molecular weight excluding hydrogens is 246 g/mol. The van der Waals surface area contributed by atoms with E-state index in [-0.39, 0.29) is 17.9 Å². The Bertz CT molecular complexity index is 550. The molecule has 0 aromatic heterocycles. The molecule has 0 aliphatic carbocycles. The second-order valence-corrected chi connectivity index (χ2v) is 5.16. The predicted octanol–water partition coefficient (Wildman–Crippen LogP) is 3.95. The number of likely N-dealkylation sites (N-methyl/N-ethyl adjacent to an activating group) is 1. The van der Waals surface area contributed by atoms with Gasteiger partial charge in [-0.15, -0.1) is 0 Å². The van der Waals surface area contributed by atoms with Crippen LogP contribution in [0.4, 0.5) is 0 Å². The minimum Gasteiger partial charge on any atom is -0.292 e. The minimum absolute atomic E-state index is 0.146. The summed E-state index contributed by atoms with van der Waals surface area (Å²) in [4.78, 5) is 14.6. The summed E-state index contributed by atoms with van der Waals surface area (Å²) >= 11 is 0. The van der Waals surface area contributed by atoms with E-state index in [1.165, 1.54) is 5.56 Å². The molecule has 0 aliphatic rings. The highest BCUT2D eigenvalue weighted by Gasteiger charge is 2.23. The molecule has 0 fully saturated rings. The first-order valence-corrected chi connectivity index (χ1v) is 6.97. The molecule has 0 N–H and O–H groups in total. The highest BCUT2D eigenvalue weighted by atomic mass is 16.1. The van der Waals surface area contributed by atoms with Crippen LogP contribution in [-0.4, -0.2) is 23.8 Å². The number of hydrogen-bond acceptors (Lipinski definition) is 2. The van der Waals surface area contributed by atoms with E-state index in [0.717, 1.165) is 5.56 Å². The van der Waals surface area contributed by atoms with Crippen molar-refractivity contribution in [2.75, 3.05) is 7.05 Å². The summed E-state index contributed by atoms with van der Waals surface area (Å²) in [6.07, 6.45) is 0. The third-order valence-corrected chi connectivity index (χ3v) is 3.94. The number of ketones is 1. The molecule has 2 atom stereocenters. The van der Waals surface area contributed by atoms with Gasteiger partial charge < -0.3 is 0 Å². The van der Waals surface area contributed by atoms with Crippen molar-refractivity contribution in [1.29, 1.82) is 0 Å². The fourth-order valence-electron chi connectivity index (χ4n) is 2.33. The first-order valence-electron chi connectivity index (χ1n) is 6.97. The van der Waals surface area contributed by atoms with Gasteiger partial charge in [-0.3, -0.25) is 9.69 Å². The molecule has 0 saturated carbocycles. The van der Waals surface area contributed by atoms with Crippen molar-refractivity contribution >= 4 is 5.78 Å². The molecule has 2 aromatic carbocycles. The summed E-state index contributed by atoms with van der Waals surface area (Å²) < 4.78 is 0. The first-order chi connectivity index (χ1) is 9.61. The molecule has 20 heavy (non-hydrogen) atoms. The van der Waals surface area contributed by atoms with E-state index in [1.54, 1.807) is 0 Å². The summed E-state index contributed by atoms with van der Waals surface area (Å²) in [6, 6.07) is 19.8. The van der Waals surface area contributed by atoms with Gasteiger partial charge in [0.25, 0.3) is 0 Å². The molecule has 0 radical (unpaired) electrons. The van der Waals surface area contributed by atoms with Crippen LogP contribution < -0.4 is 0 Å². The fourth-order valence-corrected chi connectivity index (χ4v) is 2.33. The van der Waals surface area contributed by atoms with Crippen LogP contribution in [0.5, 0.6) is 0 Å². The van der Waals surface area contributed by atoms with Gasteiger partial charge in [0.15, 0.2) is 5.78 Å².